The molecule has 2 aromatic rings. The van der Waals surface area contributed by atoms with Crippen molar-refractivity contribution in [1.82, 2.24) is 5.32 Å². The molecule has 1 amide bonds. The molecular formula is C20H23FN2O. The van der Waals surface area contributed by atoms with Gasteiger partial charge in [-0.3, -0.25) is 4.79 Å². The summed E-state index contributed by atoms with van der Waals surface area (Å²) in [7, 11) is 0. The van der Waals surface area contributed by atoms with Gasteiger partial charge in [0.25, 0.3) is 5.91 Å². The molecule has 0 atom stereocenters. The Labute approximate surface area is 142 Å². The van der Waals surface area contributed by atoms with Gasteiger partial charge in [-0.05, 0) is 59.9 Å². The first kappa shape index (κ1) is 16.5. The van der Waals surface area contributed by atoms with Crippen LogP contribution in [0.15, 0.2) is 42.5 Å². The second kappa shape index (κ2) is 7.04. The Bertz CT molecular complexity index is 725. The Morgan fingerprint density at radius 2 is 1.83 bits per heavy atom. The Kier molecular flexibility index (Phi) is 4.84. The van der Waals surface area contributed by atoms with Crippen molar-refractivity contribution >= 4 is 11.6 Å². The standard InChI is InChI=1S/C20H23FN2O/c1-14(2)9-10-22-20(24)15-4-7-19(8-5-15)23-12-16-3-6-18(21)11-17(16)13-23/h3-8,11,14H,9-10,12-13H2,1-2H3,(H,22,24). The minimum atomic E-state index is -0.191. The molecule has 0 saturated carbocycles. The van der Waals surface area contributed by atoms with Gasteiger partial charge in [-0.2, -0.15) is 0 Å². The van der Waals surface area contributed by atoms with Gasteiger partial charge in [-0.15, -0.1) is 0 Å². The van der Waals surface area contributed by atoms with Crippen LogP contribution in [0, 0.1) is 11.7 Å². The monoisotopic (exact) mass is 326 g/mol. The van der Waals surface area contributed by atoms with Crippen molar-refractivity contribution in [2.45, 2.75) is 33.4 Å². The molecule has 0 radical (unpaired) electrons. The van der Waals surface area contributed by atoms with Crippen LogP contribution in [-0.4, -0.2) is 12.5 Å². The molecule has 24 heavy (non-hydrogen) atoms. The summed E-state index contributed by atoms with van der Waals surface area (Å²) in [4.78, 5) is 14.3. The number of hydrogen-bond donors (Lipinski definition) is 1. The predicted octanol–water partition coefficient (Wildman–Crippen LogP) is 4.12. The third-order valence-corrected chi connectivity index (χ3v) is 4.39. The zero-order chi connectivity index (χ0) is 17.1. The van der Waals surface area contributed by atoms with E-state index in [4.69, 9.17) is 0 Å². The maximum absolute atomic E-state index is 13.3. The molecule has 4 heteroatoms. The van der Waals surface area contributed by atoms with Crippen LogP contribution in [0.25, 0.3) is 0 Å². The molecule has 3 nitrogen and oxygen atoms in total. The molecule has 0 fully saturated rings. The number of hydrogen-bond acceptors (Lipinski definition) is 2. The van der Waals surface area contributed by atoms with Crippen LogP contribution >= 0.6 is 0 Å². The first-order valence-electron chi connectivity index (χ1n) is 8.43. The number of anilines is 1. The second-order valence-corrected chi connectivity index (χ2v) is 6.75. The molecule has 1 N–H and O–H groups in total. The van der Waals surface area contributed by atoms with E-state index < -0.39 is 0 Å². The summed E-state index contributed by atoms with van der Waals surface area (Å²) < 4.78 is 13.3. The summed E-state index contributed by atoms with van der Waals surface area (Å²) in [6.07, 6.45) is 0.979. The highest BCUT2D eigenvalue weighted by Crippen LogP contribution is 2.28. The van der Waals surface area contributed by atoms with Crippen molar-refractivity contribution < 1.29 is 9.18 Å². The number of fused-ring (bicyclic) bond motifs is 1. The van der Waals surface area contributed by atoms with Crippen molar-refractivity contribution in [3.05, 3.63) is 65.0 Å². The van der Waals surface area contributed by atoms with Crippen molar-refractivity contribution in [3.8, 4) is 0 Å². The van der Waals surface area contributed by atoms with Crippen molar-refractivity contribution in [2.24, 2.45) is 5.92 Å². The third-order valence-electron chi connectivity index (χ3n) is 4.39. The van der Waals surface area contributed by atoms with Gasteiger partial charge >= 0.3 is 0 Å². The van der Waals surface area contributed by atoms with Gasteiger partial charge in [0.05, 0.1) is 0 Å². The fourth-order valence-corrected chi connectivity index (χ4v) is 2.95. The van der Waals surface area contributed by atoms with Gasteiger partial charge in [-0.1, -0.05) is 19.9 Å². The summed E-state index contributed by atoms with van der Waals surface area (Å²) in [6, 6.07) is 12.6. The van der Waals surface area contributed by atoms with E-state index in [1.165, 1.54) is 6.07 Å². The highest BCUT2D eigenvalue weighted by molar-refractivity contribution is 5.94. The third kappa shape index (κ3) is 3.75. The second-order valence-electron chi connectivity index (χ2n) is 6.75. The molecule has 2 aromatic carbocycles. The first-order chi connectivity index (χ1) is 11.5. The zero-order valence-corrected chi connectivity index (χ0v) is 14.2. The lowest BCUT2D eigenvalue weighted by Crippen LogP contribution is -2.25. The molecule has 0 aliphatic carbocycles. The van der Waals surface area contributed by atoms with E-state index >= 15 is 0 Å². The molecule has 0 bridgehead atoms. The number of halogens is 1. The Morgan fingerprint density at radius 3 is 2.54 bits per heavy atom. The van der Waals surface area contributed by atoms with Crippen LogP contribution in [0.5, 0.6) is 0 Å². The number of rotatable bonds is 5. The summed E-state index contributed by atoms with van der Waals surface area (Å²) >= 11 is 0. The lowest BCUT2D eigenvalue weighted by Gasteiger charge is -2.18. The van der Waals surface area contributed by atoms with E-state index in [1.807, 2.05) is 30.3 Å². The molecule has 1 aliphatic rings. The van der Waals surface area contributed by atoms with Gasteiger partial charge in [-0.25, -0.2) is 4.39 Å². The van der Waals surface area contributed by atoms with Crippen LogP contribution in [0.3, 0.4) is 0 Å². The van der Waals surface area contributed by atoms with Crippen molar-refractivity contribution in [2.75, 3.05) is 11.4 Å². The zero-order valence-electron chi connectivity index (χ0n) is 14.2. The molecule has 0 aromatic heterocycles. The largest absolute Gasteiger partial charge is 0.363 e. The Hall–Kier alpha value is -2.36. The van der Waals surface area contributed by atoms with E-state index in [0.29, 0.717) is 24.6 Å². The number of amides is 1. The van der Waals surface area contributed by atoms with Gasteiger partial charge < -0.3 is 10.2 Å². The van der Waals surface area contributed by atoms with Crippen LogP contribution in [0.4, 0.5) is 10.1 Å². The maximum Gasteiger partial charge on any atom is 0.251 e. The Morgan fingerprint density at radius 1 is 1.12 bits per heavy atom. The van der Waals surface area contributed by atoms with E-state index in [-0.39, 0.29) is 11.7 Å². The topological polar surface area (TPSA) is 32.3 Å². The number of carbonyl (C=O) groups excluding carboxylic acids is 1. The highest BCUT2D eigenvalue weighted by atomic mass is 19.1. The van der Waals surface area contributed by atoms with Crippen molar-refractivity contribution in [1.29, 1.82) is 0 Å². The first-order valence-corrected chi connectivity index (χ1v) is 8.43. The summed E-state index contributed by atoms with van der Waals surface area (Å²) in [5.74, 6) is 0.354. The summed E-state index contributed by atoms with van der Waals surface area (Å²) in [6.45, 7) is 6.45. The number of carbonyl (C=O) groups is 1. The van der Waals surface area contributed by atoms with E-state index in [1.54, 1.807) is 6.07 Å². The lowest BCUT2D eigenvalue weighted by atomic mass is 10.1. The van der Waals surface area contributed by atoms with E-state index in [2.05, 4.69) is 24.1 Å². The normalized spacial score (nSPS) is 13.2. The number of nitrogens with one attached hydrogen (secondary N) is 1. The average molecular weight is 326 g/mol. The molecule has 126 valence electrons. The molecule has 0 unspecified atom stereocenters. The Balaban J connectivity index is 1.62. The molecule has 1 heterocycles. The maximum atomic E-state index is 13.3. The van der Waals surface area contributed by atoms with Crippen LogP contribution < -0.4 is 10.2 Å². The molecule has 0 spiro atoms. The van der Waals surface area contributed by atoms with Gasteiger partial charge in [0.1, 0.15) is 5.82 Å². The lowest BCUT2D eigenvalue weighted by molar-refractivity contribution is 0.0952. The fraction of sp³-hybridized carbons (Fsp3) is 0.350. The minimum Gasteiger partial charge on any atom is -0.363 e. The summed E-state index contributed by atoms with van der Waals surface area (Å²) in [5, 5.41) is 2.95. The fourth-order valence-electron chi connectivity index (χ4n) is 2.95. The number of benzene rings is 2. The molecular weight excluding hydrogens is 303 g/mol. The smallest absolute Gasteiger partial charge is 0.251 e. The highest BCUT2D eigenvalue weighted by Gasteiger charge is 2.19. The van der Waals surface area contributed by atoms with Gasteiger partial charge in [0.15, 0.2) is 0 Å². The average Bonchev–Trinajstić information content (AvgIpc) is 2.97. The molecule has 1 aliphatic heterocycles. The van der Waals surface area contributed by atoms with Crippen LogP contribution in [0.2, 0.25) is 0 Å². The van der Waals surface area contributed by atoms with Crippen LogP contribution in [-0.2, 0) is 13.1 Å². The number of nitrogens with zero attached hydrogens (tertiary/aromatic N) is 1. The van der Waals surface area contributed by atoms with Gasteiger partial charge in [0.2, 0.25) is 0 Å². The minimum absolute atomic E-state index is 0.0334. The quantitative estimate of drug-likeness (QED) is 0.896. The predicted molar refractivity (Wildman–Crippen MR) is 94.5 cm³/mol. The SMILES string of the molecule is CC(C)CCNC(=O)c1ccc(N2Cc3ccc(F)cc3C2)cc1. The molecule has 0 saturated heterocycles. The van der Waals surface area contributed by atoms with Gasteiger partial charge in [0, 0.05) is 30.9 Å². The van der Waals surface area contributed by atoms with Crippen molar-refractivity contribution in [3.63, 3.8) is 0 Å². The molecule has 3 rings (SSSR count). The van der Waals surface area contributed by atoms with E-state index in [0.717, 1.165) is 29.8 Å². The van der Waals surface area contributed by atoms with Crippen LogP contribution in [0.1, 0.15) is 41.8 Å². The summed E-state index contributed by atoms with van der Waals surface area (Å²) in [5.41, 5.74) is 3.91. The van der Waals surface area contributed by atoms with E-state index in [9.17, 15) is 9.18 Å².